The highest BCUT2D eigenvalue weighted by atomic mass is 32.2. The lowest BCUT2D eigenvalue weighted by molar-refractivity contribution is -0.0521. The van der Waals surface area contributed by atoms with E-state index in [0.717, 1.165) is 18.4 Å². The van der Waals surface area contributed by atoms with E-state index in [1.165, 1.54) is 0 Å². The van der Waals surface area contributed by atoms with Crippen molar-refractivity contribution in [2.75, 3.05) is 29.6 Å². The maximum Gasteiger partial charge on any atom is 0.387 e. The van der Waals surface area contributed by atoms with Gasteiger partial charge in [-0.05, 0) is 0 Å². The maximum absolute atomic E-state index is 13.2. The molecule has 0 atom stereocenters. The van der Waals surface area contributed by atoms with E-state index in [4.69, 9.17) is 5.73 Å². The van der Waals surface area contributed by atoms with Crippen molar-refractivity contribution in [2.45, 2.75) is 6.61 Å². The lowest BCUT2D eigenvalue weighted by atomic mass is 10.2. The summed E-state index contributed by atoms with van der Waals surface area (Å²) in [6, 6.07) is 1.78. The Kier molecular flexibility index (Phi) is 4.87. The van der Waals surface area contributed by atoms with Crippen LogP contribution in [0.3, 0.4) is 0 Å². The molecule has 0 unspecified atom stereocenters. The van der Waals surface area contributed by atoms with E-state index in [9.17, 15) is 21.6 Å². The minimum Gasteiger partial charge on any atom is -0.432 e. The van der Waals surface area contributed by atoms with Gasteiger partial charge in [0.15, 0.2) is 11.6 Å². The van der Waals surface area contributed by atoms with Gasteiger partial charge in [-0.25, -0.2) is 12.8 Å². The number of rotatable bonds is 6. The van der Waals surface area contributed by atoms with Crippen molar-refractivity contribution in [2.24, 2.45) is 0 Å². The fourth-order valence-corrected chi connectivity index (χ4v) is 1.75. The molecular formula is C10H13F3N2O3S. The van der Waals surface area contributed by atoms with Crippen LogP contribution in [0.25, 0.3) is 0 Å². The molecule has 9 heteroatoms. The number of hydrogen-bond donors (Lipinski definition) is 2. The van der Waals surface area contributed by atoms with E-state index in [1.807, 2.05) is 0 Å². The molecular weight excluding hydrogens is 285 g/mol. The van der Waals surface area contributed by atoms with Crippen LogP contribution in [-0.4, -0.2) is 33.6 Å². The molecule has 0 aliphatic heterocycles. The molecule has 108 valence electrons. The molecule has 0 bridgehead atoms. The van der Waals surface area contributed by atoms with Crippen molar-refractivity contribution in [3.05, 3.63) is 17.9 Å². The molecule has 0 saturated carbocycles. The van der Waals surface area contributed by atoms with Gasteiger partial charge in [-0.3, -0.25) is 0 Å². The second-order valence-electron chi connectivity index (χ2n) is 3.81. The van der Waals surface area contributed by atoms with Gasteiger partial charge in [0.05, 0.1) is 17.1 Å². The van der Waals surface area contributed by atoms with E-state index in [-0.39, 0.29) is 23.7 Å². The lowest BCUT2D eigenvalue weighted by Gasteiger charge is -2.12. The number of nitrogens with two attached hydrogens (primary N) is 1. The summed E-state index contributed by atoms with van der Waals surface area (Å²) >= 11 is 0. The van der Waals surface area contributed by atoms with Gasteiger partial charge < -0.3 is 15.8 Å². The summed E-state index contributed by atoms with van der Waals surface area (Å²) in [6.45, 7) is -3.15. The number of ether oxygens (including phenoxy) is 1. The van der Waals surface area contributed by atoms with Crippen molar-refractivity contribution < 1.29 is 26.3 Å². The molecule has 0 heterocycles. The highest BCUT2D eigenvalue weighted by Crippen LogP contribution is 2.29. The average molecular weight is 298 g/mol. The van der Waals surface area contributed by atoms with Crippen LogP contribution >= 0.6 is 0 Å². The summed E-state index contributed by atoms with van der Waals surface area (Å²) in [5, 5.41) is 2.61. The molecule has 0 aliphatic carbocycles. The SMILES string of the molecule is CS(=O)(=O)CCNc1cc(OC(F)F)c(F)cc1N. The molecule has 0 aliphatic rings. The predicted molar refractivity (Wildman–Crippen MR) is 65.6 cm³/mol. The van der Waals surface area contributed by atoms with Crippen LogP contribution in [0.4, 0.5) is 24.5 Å². The third-order valence-electron chi connectivity index (χ3n) is 2.11. The molecule has 3 N–H and O–H groups in total. The Morgan fingerprint density at radius 1 is 1.42 bits per heavy atom. The van der Waals surface area contributed by atoms with E-state index in [1.54, 1.807) is 0 Å². The standard InChI is InChI=1S/C10H13F3N2O3S/c1-19(16,17)3-2-15-8-5-9(18-10(12)13)6(11)4-7(8)14/h4-5,10,15H,2-3,14H2,1H3. The number of nitrogen functional groups attached to an aromatic ring is 1. The van der Waals surface area contributed by atoms with E-state index in [0.29, 0.717) is 0 Å². The van der Waals surface area contributed by atoms with Crippen LogP contribution in [0.5, 0.6) is 5.75 Å². The quantitative estimate of drug-likeness (QED) is 0.777. The zero-order chi connectivity index (χ0) is 14.6. The Labute approximate surface area is 108 Å². The molecule has 0 amide bonds. The smallest absolute Gasteiger partial charge is 0.387 e. The van der Waals surface area contributed by atoms with Crippen LogP contribution < -0.4 is 15.8 Å². The highest BCUT2D eigenvalue weighted by Gasteiger charge is 2.13. The average Bonchev–Trinajstić information content (AvgIpc) is 2.22. The van der Waals surface area contributed by atoms with Crippen LogP contribution in [0.2, 0.25) is 0 Å². The van der Waals surface area contributed by atoms with Crippen molar-refractivity contribution in [3.63, 3.8) is 0 Å². The lowest BCUT2D eigenvalue weighted by Crippen LogP contribution is -2.15. The Bertz CT molecular complexity index is 549. The Morgan fingerprint density at radius 2 is 2.05 bits per heavy atom. The summed E-state index contributed by atoms with van der Waals surface area (Å²) < 4.78 is 63.1. The van der Waals surface area contributed by atoms with Crippen molar-refractivity contribution in [3.8, 4) is 5.75 Å². The van der Waals surface area contributed by atoms with Crippen LogP contribution in [0.1, 0.15) is 0 Å². The van der Waals surface area contributed by atoms with Crippen molar-refractivity contribution >= 4 is 21.2 Å². The molecule has 0 saturated heterocycles. The van der Waals surface area contributed by atoms with Gasteiger partial charge in [-0.1, -0.05) is 0 Å². The maximum atomic E-state index is 13.2. The molecule has 19 heavy (non-hydrogen) atoms. The number of halogens is 3. The fourth-order valence-electron chi connectivity index (χ4n) is 1.28. The largest absolute Gasteiger partial charge is 0.432 e. The fraction of sp³-hybridized carbons (Fsp3) is 0.400. The minimum atomic E-state index is -3.17. The van der Waals surface area contributed by atoms with Gasteiger partial charge in [0.25, 0.3) is 0 Å². The van der Waals surface area contributed by atoms with Crippen molar-refractivity contribution in [1.29, 1.82) is 0 Å². The number of nitrogens with one attached hydrogen (secondary N) is 1. The number of sulfone groups is 1. The van der Waals surface area contributed by atoms with Gasteiger partial charge in [-0.15, -0.1) is 0 Å². The summed E-state index contributed by atoms with van der Waals surface area (Å²) in [5.41, 5.74) is 5.57. The summed E-state index contributed by atoms with van der Waals surface area (Å²) in [5.74, 6) is -1.85. The molecule has 1 aromatic carbocycles. The molecule has 0 radical (unpaired) electrons. The van der Waals surface area contributed by atoms with E-state index >= 15 is 0 Å². The number of anilines is 2. The molecule has 0 aromatic heterocycles. The summed E-state index contributed by atoms with van der Waals surface area (Å²) in [6.07, 6.45) is 1.05. The molecule has 0 fully saturated rings. The molecule has 1 aromatic rings. The summed E-state index contributed by atoms with van der Waals surface area (Å²) in [7, 11) is -3.17. The second kappa shape index (κ2) is 6.00. The van der Waals surface area contributed by atoms with Crippen LogP contribution in [0, 0.1) is 5.82 Å². The van der Waals surface area contributed by atoms with Crippen LogP contribution in [0.15, 0.2) is 12.1 Å². The van der Waals surface area contributed by atoms with E-state index in [2.05, 4.69) is 10.1 Å². The number of hydrogen-bond acceptors (Lipinski definition) is 5. The number of alkyl halides is 2. The topological polar surface area (TPSA) is 81.4 Å². The predicted octanol–water partition coefficient (Wildman–Crippen LogP) is 1.47. The Morgan fingerprint density at radius 3 is 2.58 bits per heavy atom. The third-order valence-corrected chi connectivity index (χ3v) is 3.05. The van der Waals surface area contributed by atoms with Crippen LogP contribution in [-0.2, 0) is 9.84 Å². The highest BCUT2D eigenvalue weighted by molar-refractivity contribution is 7.90. The molecule has 5 nitrogen and oxygen atoms in total. The van der Waals surface area contributed by atoms with Gasteiger partial charge in [0.1, 0.15) is 9.84 Å². The van der Waals surface area contributed by atoms with Gasteiger partial charge in [-0.2, -0.15) is 8.78 Å². The first kappa shape index (κ1) is 15.4. The normalized spacial score (nSPS) is 11.6. The number of benzene rings is 1. The van der Waals surface area contributed by atoms with Gasteiger partial charge in [0.2, 0.25) is 0 Å². The van der Waals surface area contributed by atoms with Gasteiger partial charge in [0, 0.05) is 24.9 Å². The van der Waals surface area contributed by atoms with Gasteiger partial charge >= 0.3 is 6.61 Å². The Hall–Kier alpha value is -1.64. The Balaban J connectivity index is 2.83. The monoisotopic (exact) mass is 298 g/mol. The zero-order valence-electron chi connectivity index (χ0n) is 9.99. The molecule has 0 spiro atoms. The first-order valence-corrected chi connectivity index (χ1v) is 7.20. The van der Waals surface area contributed by atoms with E-state index < -0.39 is 28.0 Å². The third kappa shape index (κ3) is 5.25. The summed E-state index contributed by atoms with van der Waals surface area (Å²) in [4.78, 5) is 0. The zero-order valence-corrected chi connectivity index (χ0v) is 10.8. The van der Waals surface area contributed by atoms with Crippen molar-refractivity contribution in [1.82, 2.24) is 0 Å². The second-order valence-corrected chi connectivity index (χ2v) is 6.06. The minimum absolute atomic E-state index is 0.0167. The first-order chi connectivity index (χ1) is 8.69. The first-order valence-electron chi connectivity index (χ1n) is 5.14. The molecule has 1 rings (SSSR count).